The van der Waals surface area contributed by atoms with Crippen molar-refractivity contribution in [3.05, 3.63) is 53.6 Å². The first-order chi connectivity index (χ1) is 21.2. The van der Waals surface area contributed by atoms with Crippen molar-refractivity contribution in [1.29, 1.82) is 0 Å². The topological polar surface area (TPSA) is 117 Å². The molecule has 3 N–H and O–H groups in total. The van der Waals surface area contributed by atoms with E-state index in [1.54, 1.807) is 7.05 Å². The fourth-order valence-corrected chi connectivity index (χ4v) is 7.89. The molecule has 238 valence electrons. The molecule has 2 aliphatic heterocycles. The SMILES string of the molecule is CNC(=O)CCN(C=O)c1nn(C)c2cc(C3CCN(CC(C)Cc4cccc(S(=O)N5CCC(N)CC5)c4)CC3)ccc12. The number of anilines is 1. The van der Waals surface area contributed by atoms with Crippen molar-refractivity contribution in [2.24, 2.45) is 18.7 Å². The summed E-state index contributed by atoms with van der Waals surface area (Å²) in [5.41, 5.74) is 9.58. The van der Waals surface area contributed by atoms with E-state index in [4.69, 9.17) is 5.73 Å². The van der Waals surface area contributed by atoms with Crippen molar-refractivity contribution < 1.29 is 13.8 Å². The van der Waals surface area contributed by atoms with Gasteiger partial charge in [-0.3, -0.25) is 19.2 Å². The zero-order valence-electron chi connectivity index (χ0n) is 26.3. The van der Waals surface area contributed by atoms with Crippen LogP contribution < -0.4 is 16.0 Å². The van der Waals surface area contributed by atoms with Crippen LogP contribution in [0.15, 0.2) is 47.4 Å². The number of nitrogens with two attached hydrogens (primary N) is 1. The normalized spacial score (nSPS) is 18.7. The average Bonchev–Trinajstić information content (AvgIpc) is 3.36. The molecule has 5 rings (SSSR count). The first kappa shape index (κ1) is 32.3. The monoisotopic (exact) mass is 621 g/mol. The zero-order valence-corrected chi connectivity index (χ0v) is 27.1. The molecule has 0 bridgehead atoms. The van der Waals surface area contributed by atoms with Crippen LogP contribution in [-0.4, -0.2) is 87.9 Å². The van der Waals surface area contributed by atoms with E-state index >= 15 is 0 Å². The molecule has 2 aliphatic rings. The Morgan fingerprint density at radius 2 is 1.89 bits per heavy atom. The van der Waals surface area contributed by atoms with Gasteiger partial charge in [-0.1, -0.05) is 25.1 Å². The van der Waals surface area contributed by atoms with Gasteiger partial charge in [0.1, 0.15) is 11.0 Å². The van der Waals surface area contributed by atoms with E-state index in [1.807, 2.05) is 23.9 Å². The van der Waals surface area contributed by atoms with Gasteiger partial charge in [0.15, 0.2) is 5.82 Å². The lowest BCUT2D eigenvalue weighted by atomic mass is 9.88. The van der Waals surface area contributed by atoms with Gasteiger partial charge >= 0.3 is 0 Å². The maximum Gasteiger partial charge on any atom is 0.221 e. The minimum Gasteiger partial charge on any atom is -0.359 e. The fraction of sp³-hybridized carbons (Fsp3) is 0.545. The standard InChI is InChI=1S/C33H47N7O3S/c1-24(19-25-5-4-6-29(20-25)44(43)40-17-11-28(34)12-18-40)22-38-14-9-26(10-15-38)27-7-8-30-31(21-27)37(3)36-33(30)39(23-41)16-13-32(42)35-2/h4-8,20-21,23-24,26,28H,9-19,22,34H2,1-3H3,(H,35,42). The zero-order chi connectivity index (χ0) is 31.2. The quantitative estimate of drug-likeness (QED) is 0.300. The largest absolute Gasteiger partial charge is 0.359 e. The van der Waals surface area contributed by atoms with Crippen LogP contribution in [0, 0.1) is 5.92 Å². The average molecular weight is 622 g/mol. The molecule has 2 unspecified atom stereocenters. The molecule has 11 heteroatoms. The Morgan fingerprint density at radius 3 is 2.59 bits per heavy atom. The van der Waals surface area contributed by atoms with Gasteiger partial charge in [0.25, 0.3) is 0 Å². The molecule has 3 aromatic rings. The molecule has 2 saturated heterocycles. The highest BCUT2D eigenvalue weighted by Gasteiger charge is 2.25. The molecule has 44 heavy (non-hydrogen) atoms. The highest BCUT2D eigenvalue weighted by atomic mass is 32.2. The first-order valence-corrected chi connectivity index (χ1v) is 17.0. The van der Waals surface area contributed by atoms with Crippen molar-refractivity contribution in [1.82, 2.24) is 24.3 Å². The molecule has 0 spiro atoms. The Morgan fingerprint density at radius 1 is 1.14 bits per heavy atom. The molecule has 2 aromatic carbocycles. The van der Waals surface area contributed by atoms with Crippen LogP contribution in [0.2, 0.25) is 0 Å². The van der Waals surface area contributed by atoms with Crippen LogP contribution in [0.5, 0.6) is 0 Å². The summed E-state index contributed by atoms with van der Waals surface area (Å²) in [6.07, 6.45) is 5.95. The highest BCUT2D eigenvalue weighted by molar-refractivity contribution is 7.82. The maximum atomic E-state index is 13.2. The number of piperidine rings is 2. The van der Waals surface area contributed by atoms with E-state index < -0.39 is 11.0 Å². The molecule has 2 atom stereocenters. The number of benzene rings is 2. The minimum absolute atomic E-state index is 0.110. The second kappa shape index (κ2) is 14.8. The van der Waals surface area contributed by atoms with Crippen molar-refractivity contribution in [2.75, 3.05) is 51.2 Å². The summed E-state index contributed by atoms with van der Waals surface area (Å²) in [5, 5.41) is 8.13. The van der Waals surface area contributed by atoms with Crippen molar-refractivity contribution >= 4 is 40.0 Å². The molecule has 1 aromatic heterocycles. The summed E-state index contributed by atoms with van der Waals surface area (Å²) < 4.78 is 17.0. The third kappa shape index (κ3) is 7.74. The van der Waals surface area contributed by atoms with Gasteiger partial charge in [-0.15, -0.1) is 0 Å². The number of hydrogen-bond acceptors (Lipinski definition) is 6. The third-order valence-corrected chi connectivity index (χ3v) is 10.7. The molecule has 0 saturated carbocycles. The van der Waals surface area contributed by atoms with E-state index in [-0.39, 0.29) is 24.9 Å². The number of fused-ring (bicyclic) bond motifs is 1. The van der Waals surface area contributed by atoms with Crippen LogP contribution in [0.1, 0.15) is 56.1 Å². The lowest BCUT2D eigenvalue weighted by molar-refractivity contribution is -0.120. The molecular weight excluding hydrogens is 574 g/mol. The van der Waals surface area contributed by atoms with Crippen molar-refractivity contribution in [3.8, 4) is 0 Å². The maximum absolute atomic E-state index is 13.2. The molecule has 3 heterocycles. The van der Waals surface area contributed by atoms with Crippen LogP contribution in [0.25, 0.3) is 10.9 Å². The van der Waals surface area contributed by atoms with Gasteiger partial charge in [-0.05, 0) is 92.4 Å². The smallest absolute Gasteiger partial charge is 0.221 e. The number of carbonyl (C=O) groups excluding carboxylic acids is 2. The Kier molecular flexibility index (Phi) is 10.8. The number of amides is 2. The summed E-state index contributed by atoms with van der Waals surface area (Å²) in [4.78, 5) is 28.5. The number of aromatic nitrogens is 2. The van der Waals surface area contributed by atoms with Crippen LogP contribution >= 0.6 is 0 Å². The lowest BCUT2D eigenvalue weighted by Gasteiger charge is -2.34. The van der Waals surface area contributed by atoms with Crippen molar-refractivity contribution in [2.45, 2.75) is 62.3 Å². The number of nitrogens with one attached hydrogen (secondary N) is 1. The van der Waals surface area contributed by atoms with E-state index in [0.29, 0.717) is 17.7 Å². The number of likely N-dealkylation sites (tertiary alicyclic amines) is 1. The molecule has 0 radical (unpaired) electrons. The van der Waals surface area contributed by atoms with Gasteiger partial charge in [0.05, 0.1) is 10.4 Å². The van der Waals surface area contributed by atoms with Gasteiger partial charge in [0.2, 0.25) is 12.3 Å². The first-order valence-electron chi connectivity index (χ1n) is 15.9. The Labute approximate surface area is 263 Å². The number of nitrogens with zero attached hydrogens (tertiary/aromatic N) is 5. The predicted octanol–water partition coefficient (Wildman–Crippen LogP) is 3.18. The van der Waals surface area contributed by atoms with Gasteiger partial charge in [-0.25, -0.2) is 8.51 Å². The fourth-order valence-electron chi connectivity index (χ4n) is 6.61. The van der Waals surface area contributed by atoms with E-state index in [0.717, 1.165) is 87.0 Å². The van der Waals surface area contributed by atoms with Crippen LogP contribution in [0.4, 0.5) is 5.82 Å². The second-order valence-corrected chi connectivity index (χ2v) is 14.0. The summed E-state index contributed by atoms with van der Waals surface area (Å²) in [6.45, 7) is 7.35. The molecule has 2 fully saturated rings. The van der Waals surface area contributed by atoms with E-state index in [9.17, 15) is 13.8 Å². The summed E-state index contributed by atoms with van der Waals surface area (Å²) >= 11 is 0. The molecule has 10 nitrogen and oxygen atoms in total. The second-order valence-electron chi connectivity index (χ2n) is 12.5. The number of carbonyl (C=O) groups is 2. The van der Waals surface area contributed by atoms with Crippen LogP contribution in [-0.2, 0) is 34.0 Å². The highest BCUT2D eigenvalue weighted by Crippen LogP contribution is 2.33. The number of rotatable bonds is 12. The summed E-state index contributed by atoms with van der Waals surface area (Å²) in [6, 6.07) is 15.0. The minimum atomic E-state index is -1.12. The van der Waals surface area contributed by atoms with Crippen LogP contribution in [0.3, 0.4) is 0 Å². The summed E-state index contributed by atoms with van der Waals surface area (Å²) in [5.74, 6) is 1.46. The number of aryl methyl sites for hydroxylation is 1. The predicted molar refractivity (Wildman–Crippen MR) is 176 cm³/mol. The van der Waals surface area contributed by atoms with Crippen molar-refractivity contribution in [3.63, 3.8) is 0 Å². The Balaban J connectivity index is 1.14. The Bertz CT molecular complexity index is 1460. The Hall–Kier alpha value is -3.12. The molecule has 2 amide bonds. The van der Waals surface area contributed by atoms with Gasteiger partial charge in [-0.2, -0.15) is 5.10 Å². The third-order valence-electron chi connectivity index (χ3n) is 9.16. The van der Waals surface area contributed by atoms with Gasteiger partial charge in [0, 0.05) is 58.1 Å². The number of hydrogen-bond donors (Lipinski definition) is 2. The van der Waals surface area contributed by atoms with E-state index in [2.05, 4.69) is 56.9 Å². The molecular formula is C33H47N7O3S. The lowest BCUT2D eigenvalue weighted by Crippen LogP contribution is -2.40. The van der Waals surface area contributed by atoms with E-state index in [1.165, 1.54) is 16.0 Å². The summed E-state index contributed by atoms with van der Waals surface area (Å²) in [7, 11) is 2.37. The molecule has 0 aliphatic carbocycles. The van der Waals surface area contributed by atoms with Gasteiger partial charge < -0.3 is 16.0 Å².